The molecule has 0 amide bonds. The van der Waals surface area contributed by atoms with Crippen LogP contribution in [0.2, 0.25) is 0 Å². The molecule has 0 saturated heterocycles. The van der Waals surface area contributed by atoms with Gasteiger partial charge < -0.3 is 5.73 Å². The van der Waals surface area contributed by atoms with Crippen molar-refractivity contribution in [3.05, 3.63) is 36.1 Å². The Morgan fingerprint density at radius 2 is 2.27 bits per heavy atom. The summed E-state index contributed by atoms with van der Waals surface area (Å²) in [6.45, 7) is 5.62. The van der Waals surface area contributed by atoms with E-state index < -0.39 is 0 Å². The fraction of sp³-hybridized carbons (Fsp3) is 0.333. The normalized spacial score (nSPS) is 13.3. The predicted molar refractivity (Wildman–Crippen MR) is 54.6 cm³/mol. The Morgan fingerprint density at radius 1 is 1.64 bits per heavy atom. The van der Waals surface area contributed by atoms with E-state index in [0.717, 1.165) is 11.4 Å². The second kappa shape index (κ2) is 6.10. The maximum absolute atomic E-state index is 5.61. The second-order valence-corrected chi connectivity index (χ2v) is 3.01. The van der Waals surface area contributed by atoms with Gasteiger partial charge >= 0.3 is 0 Å². The van der Waals surface area contributed by atoms with Crippen molar-refractivity contribution < 1.29 is 0 Å². The predicted octanol–water partition coefficient (Wildman–Crippen LogP) is 2.32. The summed E-state index contributed by atoms with van der Waals surface area (Å²) in [5, 5.41) is 0. The van der Waals surface area contributed by atoms with Crippen LogP contribution in [0.1, 0.15) is 6.92 Å². The van der Waals surface area contributed by atoms with E-state index in [-0.39, 0.29) is 0 Å². The summed E-state index contributed by atoms with van der Waals surface area (Å²) < 4.78 is 0. The van der Waals surface area contributed by atoms with Crippen molar-refractivity contribution in [2.45, 2.75) is 6.92 Å². The lowest BCUT2D eigenvalue weighted by Gasteiger charge is -1.98. The van der Waals surface area contributed by atoms with Crippen LogP contribution in [0.15, 0.2) is 36.1 Å². The van der Waals surface area contributed by atoms with Crippen LogP contribution in [0.5, 0.6) is 0 Å². The molecule has 1 nitrogen and oxygen atoms in total. The minimum absolute atomic E-state index is 0.800. The molecule has 0 aliphatic rings. The van der Waals surface area contributed by atoms with E-state index in [1.165, 1.54) is 5.57 Å². The van der Waals surface area contributed by atoms with Gasteiger partial charge in [-0.1, -0.05) is 18.7 Å². The Hall–Kier alpha value is -0.630. The van der Waals surface area contributed by atoms with E-state index in [1.807, 2.05) is 25.2 Å². The molecular weight excluding hydrogens is 154 g/mol. The summed E-state index contributed by atoms with van der Waals surface area (Å²) in [4.78, 5) is 0. The highest BCUT2D eigenvalue weighted by Crippen LogP contribution is 2.06. The summed E-state index contributed by atoms with van der Waals surface area (Å²) in [5.74, 6) is 0.970. The molecule has 0 unspecified atom stereocenters. The molecule has 0 spiro atoms. The highest BCUT2D eigenvalue weighted by molar-refractivity contribution is 7.98. The van der Waals surface area contributed by atoms with Crippen LogP contribution in [-0.4, -0.2) is 12.0 Å². The number of nitrogens with two attached hydrogens (primary N) is 1. The van der Waals surface area contributed by atoms with Gasteiger partial charge in [0.1, 0.15) is 0 Å². The van der Waals surface area contributed by atoms with Crippen LogP contribution >= 0.6 is 11.8 Å². The Labute approximate surface area is 73.1 Å². The van der Waals surface area contributed by atoms with E-state index in [4.69, 9.17) is 5.73 Å². The molecule has 0 bridgehead atoms. The fourth-order valence-corrected chi connectivity index (χ4v) is 1.16. The van der Waals surface area contributed by atoms with E-state index in [0.29, 0.717) is 0 Å². The Kier molecular flexibility index (Phi) is 5.75. The van der Waals surface area contributed by atoms with Crippen molar-refractivity contribution in [1.29, 1.82) is 0 Å². The molecule has 0 rings (SSSR count). The summed E-state index contributed by atoms with van der Waals surface area (Å²) >= 11 is 1.76. The summed E-state index contributed by atoms with van der Waals surface area (Å²) in [6, 6.07) is 0. The van der Waals surface area contributed by atoms with Crippen LogP contribution in [0, 0.1) is 0 Å². The molecule has 11 heavy (non-hydrogen) atoms. The van der Waals surface area contributed by atoms with Crippen molar-refractivity contribution in [1.82, 2.24) is 0 Å². The standard InChI is InChI=1S/C9H15NS/c1-4-8(7-11-3)6-9(10)5-2/h4-6H,1,7,10H2,2-3H3/b8-6+,9-5+. The van der Waals surface area contributed by atoms with E-state index in [9.17, 15) is 0 Å². The molecule has 0 atom stereocenters. The molecule has 0 heterocycles. The minimum atomic E-state index is 0.800. The third-order valence-corrected chi connectivity index (χ3v) is 1.88. The molecule has 0 saturated carbocycles. The Bertz CT molecular complexity index is 180. The highest BCUT2D eigenvalue weighted by Gasteiger charge is 1.89. The maximum atomic E-state index is 5.61. The van der Waals surface area contributed by atoms with Crippen molar-refractivity contribution in [2.75, 3.05) is 12.0 Å². The highest BCUT2D eigenvalue weighted by atomic mass is 32.2. The molecule has 62 valence electrons. The lowest BCUT2D eigenvalue weighted by atomic mass is 10.2. The van der Waals surface area contributed by atoms with Crippen LogP contribution < -0.4 is 5.73 Å². The number of rotatable bonds is 4. The van der Waals surface area contributed by atoms with Gasteiger partial charge in [0, 0.05) is 11.4 Å². The molecule has 0 aliphatic carbocycles. The van der Waals surface area contributed by atoms with E-state index in [1.54, 1.807) is 11.8 Å². The van der Waals surface area contributed by atoms with E-state index >= 15 is 0 Å². The summed E-state index contributed by atoms with van der Waals surface area (Å²) in [7, 11) is 0. The fourth-order valence-electron chi connectivity index (χ4n) is 0.624. The molecule has 0 radical (unpaired) electrons. The maximum Gasteiger partial charge on any atom is 0.0273 e. The smallest absolute Gasteiger partial charge is 0.0273 e. The van der Waals surface area contributed by atoms with Gasteiger partial charge in [0.15, 0.2) is 0 Å². The van der Waals surface area contributed by atoms with Crippen molar-refractivity contribution in [3.63, 3.8) is 0 Å². The van der Waals surface area contributed by atoms with Gasteiger partial charge in [-0.05, 0) is 24.8 Å². The van der Waals surface area contributed by atoms with Crippen molar-refractivity contribution in [3.8, 4) is 0 Å². The zero-order chi connectivity index (χ0) is 8.69. The number of thioether (sulfide) groups is 1. The van der Waals surface area contributed by atoms with Gasteiger partial charge in [0.25, 0.3) is 0 Å². The van der Waals surface area contributed by atoms with E-state index in [2.05, 4.69) is 12.8 Å². The van der Waals surface area contributed by atoms with Crippen LogP contribution in [0.25, 0.3) is 0 Å². The lowest BCUT2D eigenvalue weighted by Crippen LogP contribution is -1.94. The first-order valence-electron chi connectivity index (χ1n) is 3.48. The minimum Gasteiger partial charge on any atom is -0.399 e. The Morgan fingerprint density at radius 3 is 2.64 bits per heavy atom. The van der Waals surface area contributed by atoms with Gasteiger partial charge in [0.05, 0.1) is 0 Å². The topological polar surface area (TPSA) is 26.0 Å². The average Bonchev–Trinajstić information content (AvgIpc) is 2.03. The number of hydrogen-bond acceptors (Lipinski definition) is 2. The quantitative estimate of drug-likeness (QED) is 0.654. The zero-order valence-corrected chi connectivity index (χ0v) is 7.95. The van der Waals surface area contributed by atoms with Crippen molar-refractivity contribution >= 4 is 11.8 Å². The van der Waals surface area contributed by atoms with Crippen LogP contribution in [0.3, 0.4) is 0 Å². The Balaban J connectivity index is 4.22. The van der Waals surface area contributed by atoms with Gasteiger partial charge in [-0.2, -0.15) is 11.8 Å². The van der Waals surface area contributed by atoms with Gasteiger partial charge in [-0.25, -0.2) is 0 Å². The number of hydrogen-bond donors (Lipinski definition) is 1. The number of allylic oxidation sites excluding steroid dienone is 3. The SMILES string of the molecule is C=C/C(=C\C(N)=C/C)CSC. The van der Waals surface area contributed by atoms with Gasteiger partial charge in [-0.3, -0.25) is 0 Å². The monoisotopic (exact) mass is 169 g/mol. The molecule has 2 N–H and O–H groups in total. The van der Waals surface area contributed by atoms with Gasteiger partial charge in [-0.15, -0.1) is 0 Å². The summed E-state index contributed by atoms with van der Waals surface area (Å²) in [5.41, 5.74) is 7.58. The molecular formula is C9H15NS. The van der Waals surface area contributed by atoms with Gasteiger partial charge in [0.2, 0.25) is 0 Å². The molecule has 0 aliphatic heterocycles. The molecule has 0 aromatic carbocycles. The second-order valence-electron chi connectivity index (χ2n) is 2.15. The first kappa shape index (κ1) is 10.4. The van der Waals surface area contributed by atoms with Crippen molar-refractivity contribution in [2.24, 2.45) is 5.73 Å². The molecule has 0 aromatic heterocycles. The molecule has 0 fully saturated rings. The zero-order valence-electron chi connectivity index (χ0n) is 7.13. The van der Waals surface area contributed by atoms with Crippen LogP contribution in [-0.2, 0) is 0 Å². The molecule has 0 aromatic rings. The first-order chi connectivity index (χ1) is 5.24. The first-order valence-corrected chi connectivity index (χ1v) is 4.87. The summed E-state index contributed by atoms with van der Waals surface area (Å²) in [6.07, 6.45) is 7.73. The molecule has 2 heteroatoms. The van der Waals surface area contributed by atoms with Crippen LogP contribution in [0.4, 0.5) is 0 Å². The average molecular weight is 169 g/mol. The third-order valence-electron chi connectivity index (χ3n) is 1.26. The lowest BCUT2D eigenvalue weighted by molar-refractivity contribution is 1.36. The third kappa shape index (κ3) is 4.73. The largest absolute Gasteiger partial charge is 0.399 e.